The molecule has 1 N–H and O–H groups in total. The Morgan fingerprint density at radius 2 is 1.22 bits per heavy atom. The van der Waals surface area contributed by atoms with E-state index < -0.39 is 16.6 Å². The average Bonchev–Trinajstić information content (AvgIpc) is 2.89. The van der Waals surface area contributed by atoms with Crippen LogP contribution < -0.4 is 10.2 Å². The van der Waals surface area contributed by atoms with E-state index in [0.717, 1.165) is 43.4 Å². The van der Waals surface area contributed by atoms with E-state index in [2.05, 4.69) is 121 Å². The summed E-state index contributed by atoms with van der Waals surface area (Å²) in [7, 11) is -3.24. The highest BCUT2D eigenvalue weighted by molar-refractivity contribution is 9.11. The third kappa shape index (κ3) is 15.3. The number of anilines is 2. The van der Waals surface area contributed by atoms with Gasteiger partial charge in [0.05, 0.1) is 6.61 Å². The fraction of sp³-hybridized carbons (Fsp3) is 0.588. The minimum atomic E-state index is -1.78. The van der Waals surface area contributed by atoms with Crippen molar-refractivity contribution in [2.24, 2.45) is 0 Å². The molecule has 2 aromatic rings. The Balaban J connectivity index is 0.000000710. The van der Waals surface area contributed by atoms with Crippen molar-refractivity contribution in [1.82, 2.24) is 0 Å². The van der Waals surface area contributed by atoms with Crippen molar-refractivity contribution in [3.63, 3.8) is 0 Å². The topological polar surface area (TPSA) is 67.9 Å². The Kier molecular flexibility index (Phi) is 18.9. The largest absolute Gasteiger partial charge is 0.416 e. The zero-order valence-electron chi connectivity index (χ0n) is 30.0. The van der Waals surface area contributed by atoms with Crippen LogP contribution in [-0.4, -0.2) is 53.5 Å². The molecule has 6 nitrogen and oxygen atoms in total. The van der Waals surface area contributed by atoms with Gasteiger partial charge in [-0.15, -0.1) is 0 Å². The van der Waals surface area contributed by atoms with Gasteiger partial charge in [-0.05, 0) is 85.5 Å². The predicted octanol–water partition coefficient (Wildman–Crippen LogP) is 11.3. The molecule has 0 spiro atoms. The smallest absolute Gasteiger partial charge is 0.223 e. The second kappa shape index (κ2) is 19.2. The minimum Gasteiger partial charge on any atom is -0.416 e. The molecule has 0 aromatic heterocycles. The second-order valence-corrected chi connectivity index (χ2v) is 26.2. The quantitative estimate of drug-likeness (QED) is 0.202. The molecule has 2 aromatic carbocycles. The number of amides is 2. The van der Waals surface area contributed by atoms with E-state index in [0.29, 0.717) is 18.2 Å². The number of benzene rings is 2. The average molecular weight is 854 g/mol. The van der Waals surface area contributed by atoms with Crippen molar-refractivity contribution in [2.45, 2.75) is 106 Å². The Morgan fingerprint density at radius 1 is 0.778 bits per heavy atom. The van der Waals surface area contributed by atoms with Crippen LogP contribution in [0.5, 0.6) is 0 Å². The lowest BCUT2D eigenvalue weighted by atomic mass is 10.2. The Hall–Kier alpha value is -0.826. The fourth-order valence-corrected chi connectivity index (χ4v) is 6.65. The van der Waals surface area contributed by atoms with Crippen molar-refractivity contribution in [3.8, 4) is 0 Å². The van der Waals surface area contributed by atoms with E-state index in [1.165, 1.54) is 6.92 Å². The molecule has 0 saturated heterocycles. The minimum absolute atomic E-state index is 0.0417. The number of alkyl halides is 1. The van der Waals surface area contributed by atoms with Gasteiger partial charge in [0.1, 0.15) is 0 Å². The molecule has 0 aliphatic rings. The van der Waals surface area contributed by atoms with Gasteiger partial charge in [-0.1, -0.05) is 101 Å². The molecule has 0 saturated carbocycles. The number of halogens is 3. The summed E-state index contributed by atoms with van der Waals surface area (Å²) in [5.74, 6) is -0.00349. The first-order valence-corrected chi connectivity index (χ1v) is 23.8. The highest BCUT2D eigenvalue weighted by Gasteiger charge is 2.37. The Bertz CT molecular complexity index is 1240. The molecule has 0 heterocycles. The van der Waals surface area contributed by atoms with Crippen LogP contribution >= 0.6 is 47.8 Å². The second-order valence-electron chi connectivity index (χ2n) is 14.1. The summed E-state index contributed by atoms with van der Waals surface area (Å²) in [4.78, 5) is 24.6. The van der Waals surface area contributed by atoms with Crippen molar-refractivity contribution in [2.75, 3.05) is 35.3 Å². The van der Waals surface area contributed by atoms with E-state index in [1.54, 1.807) is 11.8 Å². The van der Waals surface area contributed by atoms with Crippen molar-refractivity contribution in [3.05, 3.63) is 56.5 Å². The van der Waals surface area contributed by atoms with Crippen LogP contribution in [0.4, 0.5) is 11.4 Å². The maximum atomic E-state index is 12.0. The summed E-state index contributed by atoms with van der Waals surface area (Å²) in [6.45, 7) is 31.5. The molecular formula is C34H57Br3N2O4Si2. The molecular weight excluding hydrogens is 796 g/mol. The molecule has 0 aliphatic carbocycles. The molecule has 0 fully saturated rings. The SMILES string of the molecule is CC(=O)N(CCO[Si](C)(C)C(C)(C)C)c1cccc(Br)c1C.CC(=O)Nc1cccc(Br)c1C.CC(C)(C)[Si](C)(C)OCCBr. The van der Waals surface area contributed by atoms with Crippen LogP contribution in [0.15, 0.2) is 45.3 Å². The summed E-state index contributed by atoms with van der Waals surface area (Å²) in [6.07, 6.45) is 0. The van der Waals surface area contributed by atoms with Crippen molar-refractivity contribution >= 4 is 87.6 Å². The number of hydrogen-bond donors (Lipinski definition) is 1. The van der Waals surface area contributed by atoms with Crippen molar-refractivity contribution in [1.29, 1.82) is 0 Å². The lowest BCUT2D eigenvalue weighted by molar-refractivity contribution is -0.116. The normalized spacial score (nSPS) is 11.9. The highest BCUT2D eigenvalue weighted by Crippen LogP contribution is 2.37. The van der Waals surface area contributed by atoms with E-state index in [4.69, 9.17) is 8.85 Å². The van der Waals surface area contributed by atoms with Gasteiger partial charge in [-0.25, -0.2) is 0 Å². The van der Waals surface area contributed by atoms with Gasteiger partial charge < -0.3 is 19.1 Å². The Morgan fingerprint density at radius 3 is 1.64 bits per heavy atom. The van der Waals surface area contributed by atoms with E-state index in [1.807, 2.05) is 50.2 Å². The first kappa shape index (κ1) is 44.2. The van der Waals surface area contributed by atoms with Gasteiger partial charge in [-0.2, -0.15) is 0 Å². The third-order valence-corrected chi connectivity index (χ3v) is 19.5. The number of rotatable bonds is 9. The maximum Gasteiger partial charge on any atom is 0.223 e. The predicted molar refractivity (Wildman–Crippen MR) is 210 cm³/mol. The number of carbonyl (C=O) groups is 2. The van der Waals surface area contributed by atoms with E-state index in [-0.39, 0.29) is 16.9 Å². The third-order valence-electron chi connectivity index (χ3n) is 8.42. The number of hydrogen-bond acceptors (Lipinski definition) is 4. The number of carbonyl (C=O) groups excluding carboxylic acids is 2. The molecule has 45 heavy (non-hydrogen) atoms. The maximum absolute atomic E-state index is 12.0. The lowest BCUT2D eigenvalue weighted by Gasteiger charge is -2.37. The highest BCUT2D eigenvalue weighted by atomic mass is 79.9. The molecule has 256 valence electrons. The van der Waals surface area contributed by atoms with Gasteiger partial charge in [-0.3, -0.25) is 9.59 Å². The molecule has 0 aliphatic heterocycles. The van der Waals surface area contributed by atoms with Gasteiger partial charge in [0.15, 0.2) is 16.6 Å². The summed E-state index contributed by atoms with van der Waals surface area (Å²) in [6, 6.07) is 11.6. The summed E-state index contributed by atoms with van der Waals surface area (Å²) >= 11 is 10.3. The molecule has 0 radical (unpaired) electrons. The van der Waals surface area contributed by atoms with Crippen LogP contribution in [0, 0.1) is 13.8 Å². The fourth-order valence-electron chi connectivity index (χ4n) is 3.39. The van der Waals surface area contributed by atoms with Gasteiger partial charge in [0.2, 0.25) is 11.8 Å². The zero-order chi connectivity index (χ0) is 35.4. The molecule has 11 heteroatoms. The number of nitrogens with one attached hydrogen (secondary N) is 1. The molecule has 2 rings (SSSR count). The number of nitrogens with zero attached hydrogens (tertiary/aromatic N) is 1. The van der Waals surface area contributed by atoms with Crippen LogP contribution in [-0.2, 0) is 18.4 Å². The summed E-state index contributed by atoms with van der Waals surface area (Å²) < 4.78 is 14.1. The van der Waals surface area contributed by atoms with Crippen molar-refractivity contribution < 1.29 is 18.4 Å². The van der Waals surface area contributed by atoms with Crippen LogP contribution in [0.3, 0.4) is 0 Å². The molecule has 2 amide bonds. The van der Waals surface area contributed by atoms with Crippen LogP contribution in [0.25, 0.3) is 0 Å². The van der Waals surface area contributed by atoms with Crippen LogP contribution in [0.2, 0.25) is 36.3 Å². The van der Waals surface area contributed by atoms with E-state index in [9.17, 15) is 9.59 Å². The standard InChI is InChI=1S/C17H28BrNO2Si.C9H10BrNO.C8H19BrOSi/c1-13-15(18)9-8-10-16(13)19(14(2)20)11-12-21-22(6,7)17(3,4)5;1-6-8(10)4-3-5-9(6)11-7(2)12;1-8(2,3)11(4,5)10-7-6-9/h8-10H,11-12H2,1-7H3;3-5H,1-2H3,(H,11,12);6-7H2,1-5H3. The Labute approximate surface area is 301 Å². The van der Waals surface area contributed by atoms with Gasteiger partial charge in [0, 0.05) is 52.6 Å². The van der Waals surface area contributed by atoms with Gasteiger partial charge in [0.25, 0.3) is 0 Å². The first-order chi connectivity index (χ1) is 20.4. The summed E-state index contributed by atoms with van der Waals surface area (Å²) in [5.41, 5.74) is 3.93. The zero-order valence-corrected chi connectivity index (χ0v) is 36.8. The lowest BCUT2D eigenvalue weighted by Crippen LogP contribution is -2.43. The first-order valence-electron chi connectivity index (χ1n) is 15.3. The molecule has 0 unspecified atom stereocenters. The van der Waals surface area contributed by atoms with Crippen LogP contribution in [0.1, 0.15) is 66.5 Å². The molecule has 0 atom stereocenters. The monoisotopic (exact) mass is 850 g/mol. The summed E-state index contributed by atoms with van der Waals surface area (Å²) in [5, 5.41) is 4.21. The van der Waals surface area contributed by atoms with E-state index >= 15 is 0 Å². The molecule has 0 bridgehead atoms. The van der Waals surface area contributed by atoms with Gasteiger partial charge >= 0.3 is 0 Å².